The molecule has 4 nitrogen and oxygen atoms in total. The highest BCUT2D eigenvalue weighted by Gasteiger charge is 2.33. The monoisotopic (exact) mass is 280 g/mol. The van der Waals surface area contributed by atoms with E-state index in [4.69, 9.17) is 5.73 Å². The summed E-state index contributed by atoms with van der Waals surface area (Å²) in [5.41, 5.74) is 4.23. The molecule has 0 spiro atoms. The third-order valence-electron chi connectivity index (χ3n) is 2.00. The van der Waals surface area contributed by atoms with Crippen molar-refractivity contribution in [3.8, 4) is 0 Å². The molecule has 0 aliphatic heterocycles. The molecule has 102 valence electrons. The van der Waals surface area contributed by atoms with Crippen molar-refractivity contribution < 1.29 is 13.2 Å². The van der Waals surface area contributed by atoms with E-state index >= 15 is 0 Å². The third kappa shape index (κ3) is 4.59. The Bertz CT molecular complexity index is 397. The van der Waals surface area contributed by atoms with Gasteiger partial charge in [0.25, 0.3) is 0 Å². The van der Waals surface area contributed by atoms with Crippen LogP contribution in [0.2, 0.25) is 0 Å². The highest BCUT2D eigenvalue weighted by Crippen LogP contribution is 2.29. The fraction of sp³-hybridized carbons (Fsp3) is 0.600. The lowest BCUT2D eigenvalue weighted by Crippen LogP contribution is -2.20. The Morgan fingerprint density at radius 2 is 2.11 bits per heavy atom. The lowest BCUT2D eigenvalue weighted by molar-refractivity contribution is -0.141. The van der Waals surface area contributed by atoms with Gasteiger partial charge in [0.05, 0.1) is 0 Å². The Kier molecular flexibility index (Phi) is 5.06. The Morgan fingerprint density at radius 3 is 2.67 bits per heavy atom. The summed E-state index contributed by atoms with van der Waals surface area (Å²) in [6, 6.07) is 0.869. The van der Waals surface area contributed by atoms with Crippen LogP contribution in [0.1, 0.15) is 19.5 Å². The van der Waals surface area contributed by atoms with Gasteiger partial charge in [-0.3, -0.25) is 0 Å². The number of nitrogen functional groups attached to an aromatic ring is 1. The van der Waals surface area contributed by atoms with Crippen LogP contribution in [0.3, 0.4) is 0 Å². The SMILES string of the molecule is CCSCC(C)Nc1cc(C(F)(F)F)nc(N)n1. The number of alkyl halides is 3. The van der Waals surface area contributed by atoms with Crippen LogP contribution >= 0.6 is 11.8 Å². The van der Waals surface area contributed by atoms with E-state index < -0.39 is 11.9 Å². The molecule has 1 heterocycles. The number of nitrogens with one attached hydrogen (secondary N) is 1. The molecule has 1 aromatic rings. The maximum absolute atomic E-state index is 12.5. The van der Waals surface area contributed by atoms with Crippen LogP contribution in [0.15, 0.2) is 6.07 Å². The molecule has 0 fully saturated rings. The van der Waals surface area contributed by atoms with Gasteiger partial charge in [-0.15, -0.1) is 0 Å². The number of hydrogen-bond acceptors (Lipinski definition) is 5. The number of nitrogens with zero attached hydrogens (tertiary/aromatic N) is 2. The van der Waals surface area contributed by atoms with Gasteiger partial charge in [-0.1, -0.05) is 6.92 Å². The molecule has 8 heteroatoms. The van der Waals surface area contributed by atoms with Gasteiger partial charge < -0.3 is 11.1 Å². The molecule has 0 saturated carbocycles. The van der Waals surface area contributed by atoms with Gasteiger partial charge >= 0.3 is 6.18 Å². The smallest absolute Gasteiger partial charge is 0.368 e. The number of thioether (sulfide) groups is 1. The van der Waals surface area contributed by atoms with E-state index in [1.54, 1.807) is 11.8 Å². The lowest BCUT2D eigenvalue weighted by Gasteiger charge is -2.15. The summed E-state index contributed by atoms with van der Waals surface area (Å²) in [6.45, 7) is 3.88. The Morgan fingerprint density at radius 1 is 1.44 bits per heavy atom. The molecular weight excluding hydrogens is 265 g/mol. The van der Waals surface area contributed by atoms with Crippen LogP contribution in [-0.4, -0.2) is 27.5 Å². The summed E-state index contributed by atoms with van der Waals surface area (Å²) in [7, 11) is 0. The molecular formula is C10H15F3N4S. The summed E-state index contributed by atoms with van der Waals surface area (Å²) in [6.07, 6.45) is -4.52. The number of halogens is 3. The standard InChI is InChI=1S/C10H15F3N4S/c1-3-18-5-6(2)15-8-4-7(10(11,12)13)16-9(14)17-8/h4,6H,3,5H2,1-2H3,(H3,14,15,16,17). The van der Waals surface area contributed by atoms with Gasteiger partial charge in [-0.25, -0.2) is 4.98 Å². The first-order chi connectivity index (χ1) is 8.32. The normalized spacial score (nSPS) is 13.4. The second-order valence-electron chi connectivity index (χ2n) is 3.70. The summed E-state index contributed by atoms with van der Waals surface area (Å²) in [4.78, 5) is 6.91. The van der Waals surface area contributed by atoms with Crippen LogP contribution in [0.25, 0.3) is 0 Å². The minimum absolute atomic E-state index is 0.00494. The first-order valence-electron chi connectivity index (χ1n) is 5.39. The van der Waals surface area contributed by atoms with E-state index in [2.05, 4.69) is 15.3 Å². The molecule has 1 aromatic heterocycles. The summed E-state index contributed by atoms with van der Waals surface area (Å²) in [5.74, 6) is 1.44. The fourth-order valence-electron chi connectivity index (χ4n) is 1.27. The van der Waals surface area contributed by atoms with Crippen LogP contribution < -0.4 is 11.1 Å². The molecule has 0 aliphatic carbocycles. The largest absolute Gasteiger partial charge is 0.433 e. The van der Waals surface area contributed by atoms with Crippen molar-refractivity contribution >= 4 is 23.5 Å². The first kappa shape index (κ1) is 14.9. The predicted molar refractivity (Wildman–Crippen MR) is 67.5 cm³/mol. The number of aromatic nitrogens is 2. The van der Waals surface area contributed by atoms with Gasteiger partial charge in [0, 0.05) is 17.9 Å². The Labute approximate surface area is 108 Å². The summed E-state index contributed by atoms with van der Waals surface area (Å²) < 4.78 is 37.5. The van der Waals surface area contributed by atoms with Crippen LogP contribution in [0.5, 0.6) is 0 Å². The molecule has 0 radical (unpaired) electrons. The van der Waals surface area contributed by atoms with E-state index in [1.807, 2.05) is 13.8 Å². The van der Waals surface area contributed by atoms with Crippen molar-refractivity contribution in [2.24, 2.45) is 0 Å². The van der Waals surface area contributed by atoms with Gasteiger partial charge in [-0.2, -0.15) is 29.9 Å². The van der Waals surface area contributed by atoms with E-state index in [-0.39, 0.29) is 17.8 Å². The zero-order valence-electron chi connectivity index (χ0n) is 10.1. The van der Waals surface area contributed by atoms with Crippen molar-refractivity contribution in [3.63, 3.8) is 0 Å². The maximum atomic E-state index is 12.5. The quantitative estimate of drug-likeness (QED) is 0.868. The number of anilines is 2. The van der Waals surface area contributed by atoms with Crippen molar-refractivity contribution in [2.45, 2.75) is 26.1 Å². The molecule has 0 aliphatic rings. The Hall–Kier alpha value is -1.18. The zero-order chi connectivity index (χ0) is 13.8. The van der Waals surface area contributed by atoms with Crippen LogP contribution in [-0.2, 0) is 6.18 Å². The highest BCUT2D eigenvalue weighted by atomic mass is 32.2. The van der Waals surface area contributed by atoms with Crippen LogP contribution in [0, 0.1) is 0 Å². The zero-order valence-corrected chi connectivity index (χ0v) is 10.9. The highest BCUT2D eigenvalue weighted by molar-refractivity contribution is 7.99. The van der Waals surface area contributed by atoms with E-state index in [9.17, 15) is 13.2 Å². The number of rotatable bonds is 5. The van der Waals surface area contributed by atoms with Crippen molar-refractivity contribution in [3.05, 3.63) is 11.8 Å². The topological polar surface area (TPSA) is 63.8 Å². The molecule has 1 atom stereocenters. The summed E-state index contributed by atoms with van der Waals surface area (Å²) in [5, 5.41) is 2.88. The predicted octanol–water partition coefficient (Wildman–Crippen LogP) is 2.63. The molecule has 18 heavy (non-hydrogen) atoms. The fourth-order valence-corrected chi connectivity index (χ4v) is 1.95. The van der Waals surface area contributed by atoms with Crippen molar-refractivity contribution in [1.82, 2.24) is 9.97 Å². The lowest BCUT2D eigenvalue weighted by atomic mass is 10.3. The van der Waals surface area contributed by atoms with Gasteiger partial charge in [0.15, 0.2) is 5.69 Å². The Balaban J connectivity index is 2.80. The first-order valence-corrected chi connectivity index (χ1v) is 6.54. The third-order valence-corrected chi connectivity index (χ3v) is 3.14. The van der Waals surface area contributed by atoms with Gasteiger partial charge in [-0.05, 0) is 12.7 Å². The molecule has 0 amide bonds. The van der Waals surface area contributed by atoms with Crippen molar-refractivity contribution in [1.29, 1.82) is 0 Å². The molecule has 1 unspecified atom stereocenters. The number of hydrogen-bond donors (Lipinski definition) is 2. The molecule has 0 bridgehead atoms. The molecule has 1 rings (SSSR count). The maximum Gasteiger partial charge on any atom is 0.433 e. The number of nitrogens with two attached hydrogens (primary N) is 1. The van der Waals surface area contributed by atoms with Crippen LogP contribution in [0.4, 0.5) is 24.9 Å². The van der Waals surface area contributed by atoms with Gasteiger partial charge in [0.1, 0.15) is 5.82 Å². The van der Waals surface area contributed by atoms with E-state index in [1.165, 1.54) is 0 Å². The average Bonchev–Trinajstić information content (AvgIpc) is 2.24. The van der Waals surface area contributed by atoms with E-state index in [0.717, 1.165) is 17.6 Å². The minimum Gasteiger partial charge on any atom is -0.368 e. The summed E-state index contributed by atoms with van der Waals surface area (Å²) >= 11 is 1.69. The minimum atomic E-state index is -4.52. The van der Waals surface area contributed by atoms with Gasteiger partial charge in [0.2, 0.25) is 5.95 Å². The second-order valence-corrected chi connectivity index (χ2v) is 5.02. The molecule has 3 N–H and O–H groups in total. The molecule has 0 aromatic carbocycles. The second kappa shape index (κ2) is 6.12. The van der Waals surface area contributed by atoms with E-state index in [0.29, 0.717) is 0 Å². The average molecular weight is 280 g/mol. The molecule has 0 saturated heterocycles. The van der Waals surface area contributed by atoms with Crippen molar-refractivity contribution in [2.75, 3.05) is 22.6 Å².